The highest BCUT2D eigenvalue weighted by atomic mass is 16.7. The summed E-state index contributed by atoms with van der Waals surface area (Å²) >= 11 is 0. The Balaban J connectivity index is 2.04. The summed E-state index contributed by atoms with van der Waals surface area (Å²) in [5.74, 6) is 0.0956. The first-order valence-electron chi connectivity index (χ1n) is 7.12. The number of carbonyl (C=O) groups excluding carboxylic acids is 2. The third-order valence-electron chi connectivity index (χ3n) is 4.39. The molecule has 4 nitrogen and oxygen atoms in total. The van der Waals surface area contributed by atoms with E-state index in [4.69, 9.17) is 4.84 Å². The van der Waals surface area contributed by atoms with Crippen LogP contribution in [-0.4, -0.2) is 23.7 Å². The summed E-state index contributed by atoms with van der Waals surface area (Å²) < 4.78 is 0. The average molecular weight is 285 g/mol. The van der Waals surface area contributed by atoms with Gasteiger partial charge in [0.25, 0.3) is 0 Å². The molecule has 2 heterocycles. The molecule has 1 fully saturated rings. The molecule has 4 rings (SSSR count). The number of rotatable bonds is 2. The number of fused-ring (bicyclic) bond motifs is 3. The molecule has 1 aromatic rings. The number of benzene rings is 1. The minimum Gasteiger partial charge on any atom is -0.298 e. The van der Waals surface area contributed by atoms with E-state index in [-0.39, 0.29) is 17.2 Å². The van der Waals surface area contributed by atoms with E-state index in [2.05, 4.69) is 19.9 Å². The van der Waals surface area contributed by atoms with Crippen LogP contribution >= 0.6 is 0 Å². The van der Waals surface area contributed by atoms with Crippen molar-refractivity contribution >= 4 is 17.8 Å². The van der Waals surface area contributed by atoms with Crippen LogP contribution in [0.25, 0.3) is 0 Å². The average Bonchev–Trinajstić information content (AvgIpc) is 2.59. The lowest BCUT2D eigenvalue weighted by molar-refractivity contribution is -0.137. The fourth-order valence-corrected chi connectivity index (χ4v) is 2.97. The number of nitrogens with zero attached hydrogens (tertiary/aromatic N) is 1. The number of anilines is 1. The van der Waals surface area contributed by atoms with Crippen molar-refractivity contribution in [2.75, 3.05) is 5.06 Å². The third-order valence-corrected chi connectivity index (χ3v) is 4.39. The van der Waals surface area contributed by atoms with E-state index in [9.17, 15) is 9.59 Å². The summed E-state index contributed by atoms with van der Waals surface area (Å²) in [6.45, 7) is 5.95. The van der Waals surface area contributed by atoms with Crippen molar-refractivity contribution < 1.29 is 14.4 Å². The number of hydrogen-bond donors (Lipinski definition) is 0. The highest BCUT2D eigenvalue weighted by Crippen LogP contribution is 2.43. The van der Waals surface area contributed by atoms with Gasteiger partial charge < -0.3 is 0 Å². The molecule has 1 aromatic carbocycles. The summed E-state index contributed by atoms with van der Waals surface area (Å²) in [5.41, 5.74) is 0.346. The zero-order chi connectivity index (χ0) is 15.3. The molecule has 0 saturated carbocycles. The molecule has 110 valence electrons. The van der Waals surface area contributed by atoms with Crippen LogP contribution in [0.5, 0.6) is 0 Å². The smallest absolute Gasteiger partial charge is 0.171 e. The molecule has 2 bridgehead atoms. The third kappa shape index (κ3) is 2.20. The van der Waals surface area contributed by atoms with Crippen LogP contribution in [0, 0.1) is 5.41 Å². The Labute approximate surface area is 124 Å². The maximum absolute atomic E-state index is 12.4. The molecule has 0 aromatic heterocycles. The van der Waals surface area contributed by atoms with Gasteiger partial charge in [-0.05, 0) is 42.7 Å². The van der Waals surface area contributed by atoms with E-state index in [1.165, 1.54) is 0 Å². The summed E-state index contributed by atoms with van der Waals surface area (Å²) in [7, 11) is 0. The van der Waals surface area contributed by atoms with Crippen LogP contribution in [0.2, 0.25) is 0 Å². The standard InChI is InChI=1S/C17H19NO3/c1-16(2)10-15(20)17(3)9-8-14(16)18(21-17)13-6-4-12(11-19)5-7-13/h4-9,11,14H,10H2,1-3H3/t14-,17+/m1/s1. The summed E-state index contributed by atoms with van der Waals surface area (Å²) in [6, 6.07) is 7.19. The molecule has 1 saturated heterocycles. The second-order valence-corrected chi connectivity index (χ2v) is 6.63. The topological polar surface area (TPSA) is 46.6 Å². The number of aldehydes is 1. The fourth-order valence-electron chi connectivity index (χ4n) is 2.97. The normalized spacial score (nSPS) is 30.3. The first-order valence-corrected chi connectivity index (χ1v) is 7.12. The summed E-state index contributed by atoms with van der Waals surface area (Å²) in [4.78, 5) is 29.2. The second kappa shape index (κ2) is 4.53. The Kier molecular flexibility index (Phi) is 3.02. The molecule has 3 aliphatic rings. The largest absolute Gasteiger partial charge is 0.298 e. The van der Waals surface area contributed by atoms with Crippen LogP contribution in [0.15, 0.2) is 36.4 Å². The minimum absolute atomic E-state index is 0.0147. The second-order valence-electron chi connectivity index (χ2n) is 6.63. The maximum Gasteiger partial charge on any atom is 0.171 e. The van der Waals surface area contributed by atoms with Crippen molar-refractivity contribution in [3.8, 4) is 0 Å². The summed E-state index contributed by atoms with van der Waals surface area (Å²) in [6.07, 6.45) is 5.21. The predicted octanol–water partition coefficient (Wildman–Crippen LogP) is 2.93. The van der Waals surface area contributed by atoms with Crippen LogP contribution < -0.4 is 5.06 Å². The van der Waals surface area contributed by atoms with Gasteiger partial charge in [-0.2, -0.15) is 0 Å². The number of Topliss-reactive ketones (excluding diaryl/α,β-unsaturated/α-hetero) is 1. The van der Waals surface area contributed by atoms with E-state index >= 15 is 0 Å². The number of hydrogen-bond acceptors (Lipinski definition) is 4. The highest BCUT2D eigenvalue weighted by Gasteiger charge is 2.50. The molecule has 1 aliphatic carbocycles. The van der Waals surface area contributed by atoms with Gasteiger partial charge in [0.2, 0.25) is 0 Å². The monoisotopic (exact) mass is 285 g/mol. The molecular formula is C17H19NO3. The Morgan fingerprint density at radius 3 is 2.52 bits per heavy atom. The molecule has 21 heavy (non-hydrogen) atoms. The van der Waals surface area contributed by atoms with Gasteiger partial charge in [0, 0.05) is 12.0 Å². The number of hydroxylamine groups is 1. The van der Waals surface area contributed by atoms with Gasteiger partial charge in [-0.3, -0.25) is 14.4 Å². The van der Waals surface area contributed by atoms with E-state index in [1.54, 1.807) is 24.1 Å². The van der Waals surface area contributed by atoms with Crippen molar-refractivity contribution in [1.82, 2.24) is 0 Å². The van der Waals surface area contributed by atoms with Crippen LogP contribution in [0.3, 0.4) is 0 Å². The Morgan fingerprint density at radius 1 is 1.24 bits per heavy atom. The first-order chi connectivity index (χ1) is 9.86. The van der Waals surface area contributed by atoms with Crippen molar-refractivity contribution in [3.05, 3.63) is 42.0 Å². The van der Waals surface area contributed by atoms with Crippen LogP contribution in [-0.2, 0) is 9.63 Å². The zero-order valence-corrected chi connectivity index (χ0v) is 12.5. The van der Waals surface area contributed by atoms with Crippen LogP contribution in [0.1, 0.15) is 37.6 Å². The van der Waals surface area contributed by atoms with Crippen molar-refractivity contribution in [2.45, 2.75) is 38.8 Å². The van der Waals surface area contributed by atoms with Gasteiger partial charge in [-0.1, -0.05) is 19.9 Å². The van der Waals surface area contributed by atoms with E-state index in [0.717, 1.165) is 12.0 Å². The minimum atomic E-state index is -0.909. The Bertz CT molecular complexity index is 617. The maximum atomic E-state index is 12.4. The Morgan fingerprint density at radius 2 is 1.90 bits per heavy atom. The van der Waals surface area contributed by atoms with E-state index in [0.29, 0.717) is 12.0 Å². The van der Waals surface area contributed by atoms with Gasteiger partial charge in [-0.25, -0.2) is 5.06 Å². The summed E-state index contributed by atoms with van der Waals surface area (Å²) in [5, 5.41) is 1.81. The predicted molar refractivity (Wildman–Crippen MR) is 80.1 cm³/mol. The SMILES string of the molecule is CC1(C)CC(=O)[C@]2(C)C=C[C@H]1N(c1ccc(C=O)cc1)O2. The molecule has 2 aliphatic heterocycles. The van der Waals surface area contributed by atoms with Gasteiger partial charge in [0.1, 0.15) is 6.29 Å². The molecule has 0 unspecified atom stereocenters. The van der Waals surface area contributed by atoms with Gasteiger partial charge in [0.05, 0.1) is 11.7 Å². The van der Waals surface area contributed by atoms with Crippen molar-refractivity contribution in [3.63, 3.8) is 0 Å². The van der Waals surface area contributed by atoms with E-state index < -0.39 is 5.60 Å². The molecule has 0 amide bonds. The number of carbonyl (C=O) groups is 2. The first kappa shape index (κ1) is 14.0. The number of ketones is 1. The Hall–Kier alpha value is -1.94. The van der Waals surface area contributed by atoms with Crippen molar-refractivity contribution in [1.29, 1.82) is 0 Å². The molecule has 4 heteroatoms. The lowest BCUT2D eigenvalue weighted by Crippen LogP contribution is -2.49. The van der Waals surface area contributed by atoms with E-state index in [1.807, 2.05) is 18.2 Å². The lowest BCUT2D eigenvalue weighted by Gasteiger charge is -2.42. The lowest BCUT2D eigenvalue weighted by atomic mass is 9.80. The van der Waals surface area contributed by atoms with Crippen molar-refractivity contribution in [2.24, 2.45) is 5.41 Å². The molecule has 0 N–H and O–H groups in total. The molecule has 0 spiro atoms. The van der Waals surface area contributed by atoms with Gasteiger partial charge >= 0.3 is 0 Å². The zero-order valence-electron chi connectivity index (χ0n) is 12.5. The molecule has 0 radical (unpaired) electrons. The molecular weight excluding hydrogens is 266 g/mol. The quantitative estimate of drug-likeness (QED) is 0.619. The fraction of sp³-hybridized carbons (Fsp3) is 0.412. The van der Waals surface area contributed by atoms with Gasteiger partial charge in [-0.15, -0.1) is 0 Å². The molecule has 2 atom stereocenters. The highest BCUT2D eigenvalue weighted by molar-refractivity contribution is 5.91. The van der Waals surface area contributed by atoms with Gasteiger partial charge in [0.15, 0.2) is 11.4 Å². The van der Waals surface area contributed by atoms with Crippen LogP contribution in [0.4, 0.5) is 5.69 Å².